The summed E-state index contributed by atoms with van der Waals surface area (Å²) in [5, 5.41) is 0. The molecule has 0 spiro atoms. The number of hydrogen-bond acceptors (Lipinski definition) is 2. The van der Waals surface area contributed by atoms with Gasteiger partial charge in [-0.1, -0.05) is 157 Å². The highest BCUT2D eigenvalue weighted by molar-refractivity contribution is 7.99. The summed E-state index contributed by atoms with van der Waals surface area (Å²) < 4.78 is 0. The number of nitrogens with zero attached hydrogens (tertiary/aromatic N) is 1. The van der Waals surface area contributed by atoms with Crippen LogP contribution in [0.3, 0.4) is 0 Å². The number of anilines is 3. The number of benzene rings is 7. The van der Waals surface area contributed by atoms with Crippen LogP contribution >= 0.6 is 11.8 Å². The van der Waals surface area contributed by atoms with Crippen LogP contribution in [-0.4, -0.2) is 6.71 Å². The summed E-state index contributed by atoms with van der Waals surface area (Å²) in [6, 6.07) is 62.4. The molecule has 0 saturated carbocycles. The second-order valence-corrected chi connectivity index (χ2v) is 12.7. The van der Waals surface area contributed by atoms with Crippen molar-refractivity contribution in [3.05, 3.63) is 170 Å². The Morgan fingerprint density at radius 2 is 0.867 bits per heavy atom. The molecule has 0 saturated heterocycles. The largest absolute Gasteiger partial charge is 0.311 e. The fourth-order valence-corrected chi connectivity index (χ4v) is 8.39. The van der Waals surface area contributed by atoms with Crippen LogP contribution in [0.5, 0.6) is 0 Å². The van der Waals surface area contributed by atoms with Crippen molar-refractivity contribution >= 4 is 51.9 Å². The lowest BCUT2D eigenvalue weighted by Crippen LogP contribution is -2.58. The third kappa shape index (κ3) is 4.19. The van der Waals surface area contributed by atoms with E-state index in [-0.39, 0.29) is 6.71 Å². The predicted molar refractivity (Wildman–Crippen MR) is 193 cm³/mol. The van der Waals surface area contributed by atoms with E-state index in [1.807, 2.05) is 11.8 Å². The van der Waals surface area contributed by atoms with Crippen LogP contribution in [0.1, 0.15) is 0 Å². The third-order valence-corrected chi connectivity index (χ3v) is 10.3. The summed E-state index contributed by atoms with van der Waals surface area (Å²) in [6.45, 7) is 0.0490. The normalized spacial score (nSPS) is 12.7. The molecule has 2 aliphatic rings. The topological polar surface area (TPSA) is 3.24 Å². The molecule has 0 N–H and O–H groups in total. The van der Waals surface area contributed by atoms with Gasteiger partial charge in [-0.25, -0.2) is 0 Å². The zero-order valence-electron chi connectivity index (χ0n) is 24.6. The van der Waals surface area contributed by atoms with Gasteiger partial charge in [0.05, 0.1) is 5.69 Å². The molecule has 7 aromatic rings. The van der Waals surface area contributed by atoms with Crippen molar-refractivity contribution < 1.29 is 0 Å². The Kier molecular flexibility index (Phi) is 6.24. The van der Waals surface area contributed by atoms with Gasteiger partial charge >= 0.3 is 0 Å². The second-order valence-electron chi connectivity index (χ2n) is 11.6. The lowest BCUT2D eigenvalue weighted by Gasteiger charge is -2.39. The molecule has 0 fully saturated rings. The van der Waals surface area contributed by atoms with Crippen molar-refractivity contribution in [2.24, 2.45) is 0 Å². The first-order chi connectivity index (χ1) is 22.4. The van der Waals surface area contributed by atoms with E-state index in [0.29, 0.717) is 0 Å². The number of fused-ring (bicyclic) bond motifs is 8. The van der Waals surface area contributed by atoms with Crippen molar-refractivity contribution in [2.45, 2.75) is 9.79 Å². The maximum absolute atomic E-state index is 2.51. The van der Waals surface area contributed by atoms with Gasteiger partial charge < -0.3 is 4.90 Å². The van der Waals surface area contributed by atoms with Crippen LogP contribution in [0.2, 0.25) is 0 Å². The van der Waals surface area contributed by atoms with Crippen LogP contribution in [-0.2, 0) is 0 Å². The first kappa shape index (κ1) is 26.2. The van der Waals surface area contributed by atoms with Gasteiger partial charge in [-0.15, -0.1) is 0 Å². The number of para-hydroxylation sites is 2. The van der Waals surface area contributed by atoms with Crippen molar-refractivity contribution in [3.63, 3.8) is 0 Å². The van der Waals surface area contributed by atoms with E-state index in [9.17, 15) is 0 Å². The average Bonchev–Trinajstić information content (AvgIpc) is 3.11. The maximum atomic E-state index is 2.51. The minimum absolute atomic E-state index is 0.0490. The summed E-state index contributed by atoms with van der Waals surface area (Å²) in [4.78, 5) is 5.05. The monoisotopic (exact) mass is 589 g/mol. The first-order valence-electron chi connectivity index (χ1n) is 15.5. The van der Waals surface area contributed by atoms with Crippen molar-refractivity contribution in [1.29, 1.82) is 0 Å². The van der Waals surface area contributed by atoms with Gasteiger partial charge in [0.2, 0.25) is 6.71 Å². The van der Waals surface area contributed by atoms with Crippen molar-refractivity contribution in [1.82, 2.24) is 0 Å². The molecule has 0 atom stereocenters. The van der Waals surface area contributed by atoms with Gasteiger partial charge in [-0.05, 0) is 69.1 Å². The Labute approximate surface area is 268 Å². The fraction of sp³-hybridized carbons (Fsp3) is 0. The summed E-state index contributed by atoms with van der Waals surface area (Å²) in [6.07, 6.45) is 0. The smallest absolute Gasteiger partial charge is 0.248 e. The Bertz CT molecular complexity index is 2220. The lowest BCUT2D eigenvalue weighted by atomic mass is 9.33. The first-order valence-corrected chi connectivity index (χ1v) is 16.3. The molecule has 0 aromatic heterocycles. The van der Waals surface area contributed by atoms with Gasteiger partial charge in [0.15, 0.2) is 0 Å². The second kappa shape index (κ2) is 10.7. The van der Waals surface area contributed by atoms with E-state index in [4.69, 9.17) is 0 Å². The maximum Gasteiger partial charge on any atom is 0.248 e. The lowest BCUT2D eigenvalue weighted by molar-refractivity contribution is 1.29. The number of rotatable bonds is 2. The molecule has 2 aliphatic heterocycles. The van der Waals surface area contributed by atoms with Gasteiger partial charge in [-0.3, -0.25) is 0 Å². The van der Waals surface area contributed by atoms with Gasteiger partial charge in [-0.2, -0.15) is 0 Å². The summed E-state index contributed by atoms with van der Waals surface area (Å²) >= 11 is 1.87. The van der Waals surface area contributed by atoms with Crippen LogP contribution in [0.4, 0.5) is 17.1 Å². The van der Waals surface area contributed by atoms with E-state index >= 15 is 0 Å². The molecule has 0 amide bonds. The van der Waals surface area contributed by atoms with E-state index in [0.717, 1.165) is 0 Å². The Morgan fingerprint density at radius 3 is 1.62 bits per heavy atom. The van der Waals surface area contributed by atoms with Crippen molar-refractivity contribution in [2.75, 3.05) is 4.90 Å². The molecule has 9 rings (SSSR count). The number of hydrogen-bond donors (Lipinski definition) is 0. The minimum atomic E-state index is 0.0490. The zero-order chi connectivity index (χ0) is 29.7. The molecule has 210 valence electrons. The van der Waals surface area contributed by atoms with Crippen LogP contribution < -0.4 is 21.3 Å². The van der Waals surface area contributed by atoms with Gasteiger partial charge in [0.1, 0.15) is 0 Å². The Balaban J connectivity index is 1.41. The zero-order valence-corrected chi connectivity index (χ0v) is 25.4. The molecular weight excluding hydrogens is 561 g/mol. The van der Waals surface area contributed by atoms with Gasteiger partial charge in [0.25, 0.3) is 0 Å². The van der Waals surface area contributed by atoms with E-state index < -0.39 is 0 Å². The van der Waals surface area contributed by atoms with Crippen molar-refractivity contribution in [3.8, 4) is 33.4 Å². The molecule has 2 heterocycles. The fourth-order valence-electron chi connectivity index (χ4n) is 7.29. The van der Waals surface area contributed by atoms with Crippen LogP contribution in [0.15, 0.2) is 180 Å². The summed E-state index contributed by atoms with van der Waals surface area (Å²) in [5.41, 5.74) is 15.2. The molecule has 3 heteroatoms. The highest BCUT2D eigenvalue weighted by atomic mass is 32.2. The molecule has 0 aliphatic carbocycles. The standard InChI is InChI=1S/C42H28BNS/c1-2-15-29(16-3-1)30-17-5-10-24-37(30)44-38-25-11-9-23-36(38)43-35-22-8-4-18-31(35)32-19-6-12-27-40(32)45-41-28-13-7-20-33(41)34-21-14-26-39(44)42(34)43/h1-28H. The highest BCUT2D eigenvalue weighted by Gasteiger charge is 2.39. The molecule has 0 unspecified atom stereocenters. The SMILES string of the molecule is c1ccc(-c2ccccc2N2c3ccccc3B3c4ccccc4-c4ccccc4Sc4ccccc4-c4cccc2c43)cc1. The molecular formula is C42H28BNS. The molecule has 7 aromatic carbocycles. The van der Waals surface area contributed by atoms with Gasteiger partial charge in [0, 0.05) is 26.7 Å². The van der Waals surface area contributed by atoms with Crippen LogP contribution in [0.25, 0.3) is 33.4 Å². The Hall–Kier alpha value is -5.25. The van der Waals surface area contributed by atoms with E-state index in [2.05, 4.69) is 175 Å². The molecule has 45 heavy (non-hydrogen) atoms. The quantitative estimate of drug-likeness (QED) is 0.185. The van der Waals surface area contributed by atoms with E-state index in [1.54, 1.807) is 0 Å². The highest BCUT2D eigenvalue weighted by Crippen LogP contribution is 2.46. The summed E-state index contributed by atoms with van der Waals surface area (Å²) in [5.74, 6) is 0. The summed E-state index contributed by atoms with van der Waals surface area (Å²) in [7, 11) is 0. The molecule has 0 radical (unpaired) electrons. The minimum Gasteiger partial charge on any atom is -0.311 e. The third-order valence-electron chi connectivity index (χ3n) is 9.18. The predicted octanol–water partition coefficient (Wildman–Crippen LogP) is 9.45. The molecule has 1 nitrogen and oxygen atoms in total. The molecule has 0 bridgehead atoms. The Morgan fingerprint density at radius 1 is 0.356 bits per heavy atom. The van der Waals surface area contributed by atoms with E-state index in [1.165, 1.54) is 76.6 Å². The van der Waals surface area contributed by atoms with Crippen LogP contribution in [0, 0.1) is 0 Å². The average molecular weight is 590 g/mol.